The third-order valence-corrected chi connectivity index (χ3v) is 7.61. The quantitative estimate of drug-likeness (QED) is 0.522. The van der Waals surface area contributed by atoms with Crippen LogP contribution in [0.4, 0.5) is 5.82 Å². The summed E-state index contributed by atoms with van der Waals surface area (Å²) in [6.45, 7) is 7.99. The van der Waals surface area contributed by atoms with Crippen molar-refractivity contribution in [2.75, 3.05) is 31.3 Å². The molecule has 184 valence electrons. The number of carbonyl (C=O) groups excluding carboxylic acids is 1. The van der Waals surface area contributed by atoms with Gasteiger partial charge in [0.25, 0.3) is 6.47 Å². The minimum absolute atomic E-state index is 0.318. The molecule has 0 aliphatic carbocycles. The maximum Gasteiger partial charge on any atom is 0.293 e. The van der Waals surface area contributed by atoms with E-state index in [2.05, 4.69) is 37.3 Å². The minimum Gasteiger partial charge on any atom is -0.462 e. The minimum atomic E-state index is -3.20. The first-order valence-electron chi connectivity index (χ1n) is 11.1. The zero-order valence-corrected chi connectivity index (χ0v) is 21.9. The molecule has 0 radical (unpaired) electrons. The molecule has 0 atom stereocenters. The Hall–Kier alpha value is -2.56. The van der Waals surface area contributed by atoms with Crippen molar-refractivity contribution >= 4 is 43.7 Å². The number of thiophene rings is 1. The van der Waals surface area contributed by atoms with E-state index in [1.807, 2.05) is 32.9 Å². The van der Waals surface area contributed by atoms with Crippen LogP contribution in [0.25, 0.3) is 21.3 Å². The molecule has 34 heavy (non-hydrogen) atoms. The third-order valence-electron chi connectivity index (χ3n) is 5.52. The number of fused-ring (bicyclic) bond motifs is 1. The predicted molar refractivity (Wildman–Crippen MR) is 137 cm³/mol. The highest BCUT2D eigenvalue weighted by Gasteiger charge is 2.22. The first-order chi connectivity index (χ1) is 16.0. The summed E-state index contributed by atoms with van der Waals surface area (Å²) in [5.41, 5.74) is 2.57. The van der Waals surface area contributed by atoms with Gasteiger partial charge in [0.15, 0.2) is 9.84 Å². The summed E-state index contributed by atoms with van der Waals surface area (Å²) < 4.78 is 29.0. The Balaban J connectivity index is 0.000000406. The smallest absolute Gasteiger partial charge is 0.293 e. The molecule has 0 unspecified atom stereocenters. The maximum absolute atomic E-state index is 11.7. The number of ether oxygens (including phenoxy) is 1. The molecule has 3 aromatic rings. The Morgan fingerprint density at radius 2 is 1.79 bits per heavy atom. The highest BCUT2D eigenvalue weighted by Crippen LogP contribution is 2.37. The van der Waals surface area contributed by atoms with Gasteiger partial charge in [0.1, 0.15) is 17.7 Å². The van der Waals surface area contributed by atoms with Crippen LogP contribution < -0.4 is 10.2 Å². The molecular formula is C24H32N4O4S2. The van der Waals surface area contributed by atoms with Crippen LogP contribution >= 0.6 is 11.3 Å². The van der Waals surface area contributed by atoms with Crippen molar-refractivity contribution in [1.82, 2.24) is 15.3 Å². The Morgan fingerprint density at radius 3 is 2.32 bits per heavy atom. The van der Waals surface area contributed by atoms with Gasteiger partial charge in [-0.05, 0) is 64.4 Å². The number of nitrogens with one attached hydrogen (secondary N) is 1. The molecule has 1 saturated heterocycles. The van der Waals surface area contributed by atoms with E-state index < -0.39 is 9.84 Å². The number of anilines is 1. The van der Waals surface area contributed by atoms with E-state index in [9.17, 15) is 13.2 Å². The second kappa shape index (κ2) is 10.8. The molecule has 1 aliphatic heterocycles. The lowest BCUT2D eigenvalue weighted by Crippen LogP contribution is -2.41. The van der Waals surface area contributed by atoms with Crippen LogP contribution in [0, 0.1) is 0 Å². The van der Waals surface area contributed by atoms with Crippen molar-refractivity contribution in [3.63, 3.8) is 0 Å². The van der Waals surface area contributed by atoms with E-state index in [0.717, 1.165) is 53.1 Å². The summed E-state index contributed by atoms with van der Waals surface area (Å²) in [6.07, 6.45) is 5.05. The fourth-order valence-electron chi connectivity index (χ4n) is 3.69. The molecule has 0 bridgehead atoms. The molecule has 10 heteroatoms. The molecule has 0 saturated carbocycles. The first kappa shape index (κ1) is 26.1. The summed E-state index contributed by atoms with van der Waals surface area (Å²) in [4.78, 5) is 21.3. The highest BCUT2D eigenvalue weighted by atomic mass is 32.2. The Bertz CT molecular complexity index is 1210. The second-order valence-corrected chi connectivity index (χ2v) is 12.1. The number of piperidine rings is 1. The Morgan fingerprint density at radius 1 is 1.15 bits per heavy atom. The Kier molecular flexibility index (Phi) is 8.27. The van der Waals surface area contributed by atoms with Gasteiger partial charge < -0.3 is 15.0 Å². The summed E-state index contributed by atoms with van der Waals surface area (Å²) >= 11 is 1.64. The van der Waals surface area contributed by atoms with Gasteiger partial charge in [-0.3, -0.25) is 4.79 Å². The van der Waals surface area contributed by atoms with Crippen LogP contribution in [0.1, 0.15) is 33.6 Å². The van der Waals surface area contributed by atoms with Crippen LogP contribution in [0.15, 0.2) is 40.9 Å². The van der Waals surface area contributed by atoms with Gasteiger partial charge in [0, 0.05) is 30.3 Å². The molecule has 0 amide bonds. The number of carbonyl (C=O) groups is 1. The van der Waals surface area contributed by atoms with Gasteiger partial charge in [-0.1, -0.05) is 12.1 Å². The van der Waals surface area contributed by atoms with Crippen LogP contribution in [0.2, 0.25) is 0 Å². The van der Waals surface area contributed by atoms with E-state index in [0.29, 0.717) is 17.4 Å². The average Bonchev–Trinajstić information content (AvgIpc) is 3.23. The number of rotatable bonds is 5. The van der Waals surface area contributed by atoms with E-state index >= 15 is 0 Å². The highest BCUT2D eigenvalue weighted by molar-refractivity contribution is 7.90. The molecule has 8 nitrogen and oxygen atoms in total. The lowest BCUT2D eigenvalue weighted by atomic mass is 10.1. The van der Waals surface area contributed by atoms with Gasteiger partial charge >= 0.3 is 0 Å². The fraction of sp³-hybridized carbons (Fsp3) is 0.458. The summed E-state index contributed by atoms with van der Waals surface area (Å²) in [7, 11) is -1.09. The molecule has 1 aliphatic rings. The molecule has 4 rings (SSSR count). The van der Waals surface area contributed by atoms with Crippen LogP contribution in [0.3, 0.4) is 0 Å². The van der Waals surface area contributed by atoms with Crippen molar-refractivity contribution in [2.24, 2.45) is 0 Å². The molecule has 1 N–H and O–H groups in total. The number of nitrogens with zero attached hydrogens (tertiary/aromatic N) is 3. The standard InChI is InChI=1S/C19H22N4O2S2.C5H10O2/c1-23(14-7-9-20-10-8-14)19-18-17(21-12-22-19)16(11-26-18)13-3-5-15(6-4-13)27(2,24)25;1-5(2,3)7-4-6/h3-6,11-12,14,20H,7-10H2,1-2H3;4H,1-3H3. The number of hydrogen-bond acceptors (Lipinski definition) is 9. The average molecular weight is 505 g/mol. The van der Waals surface area contributed by atoms with Crippen molar-refractivity contribution in [1.29, 1.82) is 0 Å². The van der Waals surface area contributed by atoms with Crippen molar-refractivity contribution in [2.45, 2.75) is 50.2 Å². The SMILES string of the molecule is CC(C)(C)OC=O.CN(c1ncnc2c(-c3ccc(S(C)(=O)=O)cc3)csc12)C1CCNCC1. The molecule has 0 spiro atoms. The van der Waals surface area contributed by atoms with Crippen LogP contribution in [-0.2, 0) is 19.4 Å². The van der Waals surface area contributed by atoms with E-state index in [1.54, 1.807) is 29.8 Å². The lowest BCUT2D eigenvalue weighted by Gasteiger charge is -2.32. The topological polar surface area (TPSA) is 101 Å². The lowest BCUT2D eigenvalue weighted by molar-refractivity contribution is -0.138. The molecule has 2 aromatic heterocycles. The van der Waals surface area contributed by atoms with Gasteiger partial charge in [0.05, 0.1) is 15.1 Å². The van der Waals surface area contributed by atoms with E-state index in [1.165, 1.54) is 6.26 Å². The molecule has 1 fully saturated rings. The predicted octanol–water partition coefficient (Wildman–Crippen LogP) is 3.91. The van der Waals surface area contributed by atoms with Gasteiger partial charge in [-0.15, -0.1) is 11.3 Å². The van der Waals surface area contributed by atoms with Crippen molar-refractivity contribution in [3.05, 3.63) is 36.0 Å². The monoisotopic (exact) mass is 504 g/mol. The first-order valence-corrected chi connectivity index (χ1v) is 13.9. The van der Waals surface area contributed by atoms with Crippen molar-refractivity contribution in [3.8, 4) is 11.1 Å². The van der Waals surface area contributed by atoms with E-state index in [-0.39, 0.29) is 5.60 Å². The number of sulfone groups is 1. The number of aromatic nitrogens is 2. The number of hydrogen-bond donors (Lipinski definition) is 1. The van der Waals surface area contributed by atoms with Crippen LogP contribution in [-0.4, -0.2) is 62.9 Å². The zero-order valence-electron chi connectivity index (χ0n) is 20.2. The maximum atomic E-state index is 11.7. The van der Waals surface area contributed by atoms with E-state index in [4.69, 9.17) is 0 Å². The Labute approximate surface area is 205 Å². The van der Waals surface area contributed by atoms with Crippen LogP contribution in [0.5, 0.6) is 0 Å². The summed E-state index contributed by atoms with van der Waals surface area (Å²) in [5.74, 6) is 0.968. The zero-order chi connectivity index (χ0) is 24.9. The largest absolute Gasteiger partial charge is 0.462 e. The fourth-order valence-corrected chi connectivity index (χ4v) is 5.38. The number of benzene rings is 1. The van der Waals surface area contributed by atoms with Crippen molar-refractivity contribution < 1.29 is 17.9 Å². The van der Waals surface area contributed by atoms with Gasteiger partial charge in [-0.2, -0.15) is 0 Å². The summed E-state index contributed by atoms with van der Waals surface area (Å²) in [5, 5.41) is 5.48. The normalized spacial score (nSPS) is 14.9. The molecule has 3 heterocycles. The molecular weight excluding hydrogens is 472 g/mol. The third kappa shape index (κ3) is 6.52. The second-order valence-electron chi connectivity index (χ2n) is 9.24. The van der Waals surface area contributed by atoms with Gasteiger partial charge in [-0.25, -0.2) is 18.4 Å². The summed E-state index contributed by atoms with van der Waals surface area (Å²) in [6, 6.07) is 7.46. The van der Waals surface area contributed by atoms with Gasteiger partial charge in [0.2, 0.25) is 0 Å². The molecule has 1 aromatic carbocycles.